The fourth-order valence-electron chi connectivity index (χ4n) is 19.9. The van der Waals surface area contributed by atoms with E-state index in [0.29, 0.717) is 0 Å². The van der Waals surface area contributed by atoms with Crippen molar-refractivity contribution in [1.82, 2.24) is 0 Å². The predicted octanol–water partition coefficient (Wildman–Crippen LogP) is 26.6. The zero-order chi connectivity index (χ0) is 69.9. The maximum absolute atomic E-state index is 2.60. The van der Waals surface area contributed by atoms with Crippen molar-refractivity contribution in [3.8, 4) is 77.9 Å². The Morgan fingerprint density at radius 1 is 0.151 bits per heavy atom. The lowest BCUT2D eigenvalue weighted by molar-refractivity contribution is 0.629. The van der Waals surface area contributed by atoms with Crippen molar-refractivity contribution in [2.75, 3.05) is 0 Å². The normalized spacial score (nSPS) is 16.5. The van der Waals surface area contributed by atoms with Crippen LogP contribution in [0, 0.1) is 0 Å². The Kier molecular flexibility index (Phi) is 14.3. The van der Waals surface area contributed by atoms with Gasteiger partial charge in [-0.25, -0.2) is 0 Å². The first-order chi connectivity index (χ1) is 52.5. The molecule has 3 aliphatic rings. The van der Waals surface area contributed by atoms with E-state index >= 15 is 0 Å². The molecule has 0 saturated carbocycles. The lowest BCUT2D eigenvalue weighted by atomic mass is 9.67. The van der Waals surface area contributed by atoms with Gasteiger partial charge < -0.3 is 0 Å². The van der Waals surface area contributed by atoms with Crippen LogP contribution in [-0.2, 0) is 35.5 Å². The fraction of sp³-hybridized carbons (Fsp3) is 0.0566. The van der Waals surface area contributed by atoms with Gasteiger partial charge in [0.25, 0.3) is 0 Å². The molecule has 0 spiro atoms. The van der Waals surface area contributed by atoms with E-state index in [2.05, 4.69) is 400 Å². The zero-order valence-corrected chi connectivity index (χ0v) is 58.7. The van der Waals surface area contributed by atoms with Gasteiger partial charge in [0.05, 0.1) is 16.2 Å². The summed E-state index contributed by atoms with van der Waals surface area (Å²) in [7, 11) is 0. The van der Waals surface area contributed by atoms with Crippen molar-refractivity contribution in [1.29, 1.82) is 0 Å². The van der Waals surface area contributed by atoms with Crippen LogP contribution in [0.3, 0.4) is 0 Å². The summed E-state index contributed by atoms with van der Waals surface area (Å²) in [5.74, 6) is 0. The monoisotopic (exact) mass is 1340 g/mol. The topological polar surface area (TPSA) is 0 Å². The molecule has 0 amide bonds. The van der Waals surface area contributed by atoms with Gasteiger partial charge >= 0.3 is 0 Å². The summed E-state index contributed by atoms with van der Waals surface area (Å²) in [5, 5.41) is 9.85. The summed E-state index contributed by atoms with van der Waals surface area (Å²) in [6, 6.07) is 153. The molecule has 496 valence electrons. The van der Waals surface area contributed by atoms with Crippen LogP contribution in [0.5, 0.6) is 0 Å². The van der Waals surface area contributed by atoms with Gasteiger partial charge in [0.15, 0.2) is 0 Å². The van der Waals surface area contributed by atoms with Crippen molar-refractivity contribution in [2.24, 2.45) is 0 Å². The molecule has 3 unspecified atom stereocenters. The summed E-state index contributed by atoms with van der Waals surface area (Å²) in [4.78, 5) is 0. The second kappa shape index (κ2) is 24.6. The first-order valence-corrected chi connectivity index (χ1v) is 37.5. The Labute approximate surface area is 619 Å². The number of benzene rings is 18. The lowest BCUT2D eigenvalue weighted by Crippen LogP contribution is -2.30. The van der Waals surface area contributed by atoms with E-state index in [4.69, 9.17) is 0 Å². The predicted molar refractivity (Wildman–Crippen MR) is 444 cm³/mol. The molecule has 0 aliphatic heterocycles. The molecule has 0 nitrogen and oxygen atoms in total. The minimum Gasteiger partial charge on any atom is -0.0622 e. The quantitative estimate of drug-likeness (QED) is 0.101. The number of fused-ring (bicyclic) bond motifs is 13. The van der Waals surface area contributed by atoms with Gasteiger partial charge in [-0.2, -0.15) is 0 Å². The van der Waals surface area contributed by atoms with Gasteiger partial charge in [0, 0.05) is 0 Å². The molecule has 0 fully saturated rings. The average Bonchev–Trinajstić information content (AvgIpc) is 1.64. The molecule has 18 aromatic carbocycles. The van der Waals surface area contributed by atoms with Crippen LogP contribution in [0.1, 0.15) is 66.8 Å². The van der Waals surface area contributed by atoms with Crippen molar-refractivity contribution in [3.63, 3.8) is 0 Å². The Morgan fingerprint density at radius 2 is 0.358 bits per heavy atom. The first kappa shape index (κ1) is 61.6. The molecule has 0 N–H and O–H groups in total. The largest absolute Gasteiger partial charge is 0.0622 e. The van der Waals surface area contributed by atoms with Gasteiger partial charge in [0.2, 0.25) is 0 Å². The molecule has 106 heavy (non-hydrogen) atoms. The SMILES string of the molecule is c1ccc(CC2(c3ccccc3)c3ccccc3-c3ccc(-c4ccc5c(c4)C(Cc4ccccc4)(c4ccccc4)c4cc(-c6c7ccccc7c(-c7c8ccccc8c(-c8ccc9c(c8)C(Cc8ccccc8)(c8ccccc8)c8ccccc8-9)c8ccccc78)c7ccccc67)ccc4-5)cc32)cc1. The standard InChI is InChI=1S/C106H72/c1-7-31-70(32-8-1)67-104(77-37-13-4-14-38-77)94-53-29-27-43-80(94)82-59-55-73(63-96(82)104)74-56-60-84-85-62-58-76(66-99(85)106(97(84)64-74,79-41-17-6-18-42-79)69-72-35-11-3-12-36-72)101-88-47-21-25-51-92(88)103(93-52-26-22-48-89(93)101)102-90-49-23-19-45-86(90)100(87-46-20-24-50-91(87)102)75-57-61-83-81-44-28-30-54-95(81)105(98(83)65-75,78-39-15-5-16-40-78)68-71-33-9-2-10-34-71/h1-66H,67-69H2. The molecule has 18 aromatic rings. The first-order valence-electron chi connectivity index (χ1n) is 37.5. The van der Waals surface area contributed by atoms with Gasteiger partial charge in [-0.15, -0.1) is 0 Å². The van der Waals surface area contributed by atoms with E-state index in [1.54, 1.807) is 0 Å². The minimum atomic E-state index is -0.577. The highest BCUT2D eigenvalue weighted by molar-refractivity contribution is 6.30. The van der Waals surface area contributed by atoms with Crippen LogP contribution in [0.2, 0.25) is 0 Å². The average molecular weight is 1350 g/mol. The minimum absolute atomic E-state index is 0.410. The Balaban J connectivity index is 0.752. The second-order valence-electron chi connectivity index (χ2n) is 29.6. The fourth-order valence-corrected chi connectivity index (χ4v) is 19.9. The Bertz CT molecular complexity index is 6400. The molecule has 0 saturated heterocycles. The molecular weight excluding hydrogens is 1270 g/mol. The van der Waals surface area contributed by atoms with Crippen LogP contribution >= 0.6 is 0 Å². The highest BCUT2D eigenvalue weighted by atomic mass is 14.5. The van der Waals surface area contributed by atoms with Gasteiger partial charge in [-0.1, -0.05) is 376 Å². The van der Waals surface area contributed by atoms with Crippen molar-refractivity contribution in [3.05, 3.63) is 467 Å². The lowest BCUT2D eigenvalue weighted by Gasteiger charge is -2.34. The highest BCUT2D eigenvalue weighted by Gasteiger charge is 2.49. The molecular formula is C106H72. The van der Waals surface area contributed by atoms with Crippen LogP contribution in [0.25, 0.3) is 121 Å². The summed E-state index contributed by atoms with van der Waals surface area (Å²) < 4.78 is 0. The molecule has 0 heterocycles. The maximum atomic E-state index is 2.60. The molecule has 0 bridgehead atoms. The molecule has 0 aromatic heterocycles. The van der Waals surface area contributed by atoms with E-state index in [0.717, 1.165) is 19.3 Å². The van der Waals surface area contributed by atoms with Crippen LogP contribution in [0.4, 0.5) is 0 Å². The molecule has 3 atom stereocenters. The zero-order valence-electron chi connectivity index (χ0n) is 58.7. The van der Waals surface area contributed by atoms with Gasteiger partial charge in [-0.05, 0) is 231 Å². The van der Waals surface area contributed by atoms with Gasteiger partial charge in [0.1, 0.15) is 0 Å². The Morgan fingerprint density at radius 3 is 0.651 bits per heavy atom. The number of hydrogen-bond donors (Lipinski definition) is 0. The summed E-state index contributed by atoms with van der Waals surface area (Å²) in [6.07, 6.45) is 2.45. The Hall–Kier alpha value is -13.0. The van der Waals surface area contributed by atoms with Crippen LogP contribution in [-0.4, -0.2) is 0 Å². The molecule has 21 rings (SSSR count). The third-order valence-electron chi connectivity index (χ3n) is 24.3. The third-order valence-corrected chi connectivity index (χ3v) is 24.3. The van der Waals surface area contributed by atoms with Crippen molar-refractivity contribution in [2.45, 2.75) is 35.5 Å². The van der Waals surface area contributed by atoms with E-state index in [-0.39, 0.29) is 0 Å². The molecule has 0 heteroatoms. The highest BCUT2D eigenvalue weighted by Crippen LogP contribution is 2.61. The van der Waals surface area contributed by atoms with Crippen LogP contribution < -0.4 is 0 Å². The summed E-state index contributed by atoms with van der Waals surface area (Å²) in [6.45, 7) is 0. The van der Waals surface area contributed by atoms with E-state index < -0.39 is 16.2 Å². The van der Waals surface area contributed by atoms with E-state index in [9.17, 15) is 0 Å². The van der Waals surface area contributed by atoms with Crippen molar-refractivity contribution < 1.29 is 0 Å². The van der Waals surface area contributed by atoms with Gasteiger partial charge in [-0.3, -0.25) is 0 Å². The number of rotatable bonds is 13. The smallest absolute Gasteiger partial charge is 0.0504 e. The third kappa shape index (κ3) is 9.27. The summed E-state index contributed by atoms with van der Waals surface area (Å²) in [5.41, 5.74) is 32.1. The van der Waals surface area contributed by atoms with E-state index in [1.165, 1.54) is 188 Å². The van der Waals surface area contributed by atoms with Crippen molar-refractivity contribution >= 4 is 43.1 Å². The number of hydrogen-bond acceptors (Lipinski definition) is 0. The summed E-state index contributed by atoms with van der Waals surface area (Å²) >= 11 is 0. The molecule has 3 aliphatic carbocycles. The van der Waals surface area contributed by atoms with E-state index in [1.807, 2.05) is 0 Å². The second-order valence-corrected chi connectivity index (χ2v) is 29.6. The molecule has 0 radical (unpaired) electrons. The van der Waals surface area contributed by atoms with Crippen LogP contribution in [0.15, 0.2) is 400 Å². The maximum Gasteiger partial charge on any atom is 0.0504 e.